The van der Waals surface area contributed by atoms with Crippen LogP contribution in [-0.4, -0.2) is 41.8 Å². The molecule has 1 aliphatic heterocycles. The first-order valence-corrected chi connectivity index (χ1v) is 10.5. The normalized spacial score (nSPS) is 14.1. The summed E-state index contributed by atoms with van der Waals surface area (Å²) in [5.74, 6) is -1.44. The quantitative estimate of drug-likeness (QED) is 0.727. The Morgan fingerprint density at radius 2 is 1.97 bits per heavy atom. The van der Waals surface area contributed by atoms with Crippen LogP contribution in [0.25, 0.3) is 0 Å². The predicted octanol–water partition coefficient (Wildman–Crippen LogP) is 2.49. The summed E-state index contributed by atoms with van der Waals surface area (Å²) in [5, 5.41) is 7.28. The number of halogens is 1. The molecule has 1 aromatic heterocycles. The Bertz CT molecular complexity index is 882. The lowest BCUT2D eigenvalue weighted by atomic mass is 10.1. The van der Waals surface area contributed by atoms with E-state index in [-0.39, 0.29) is 18.0 Å². The van der Waals surface area contributed by atoms with Gasteiger partial charge in [0.05, 0.1) is 6.54 Å². The minimum Gasteiger partial charge on any atom is -0.343 e. The maximum atomic E-state index is 12.9. The van der Waals surface area contributed by atoms with Gasteiger partial charge in [-0.1, -0.05) is 13.3 Å². The van der Waals surface area contributed by atoms with Crippen molar-refractivity contribution in [3.05, 3.63) is 57.5 Å². The van der Waals surface area contributed by atoms with Crippen molar-refractivity contribution in [3.63, 3.8) is 0 Å². The van der Waals surface area contributed by atoms with Gasteiger partial charge in [-0.25, -0.2) is 4.39 Å². The maximum Gasteiger partial charge on any atom is 0.251 e. The lowest BCUT2D eigenvalue weighted by Gasteiger charge is -2.31. The van der Waals surface area contributed by atoms with E-state index >= 15 is 0 Å². The smallest absolute Gasteiger partial charge is 0.251 e. The summed E-state index contributed by atoms with van der Waals surface area (Å²) < 4.78 is 12.9. The van der Waals surface area contributed by atoms with Crippen LogP contribution in [0.15, 0.2) is 35.7 Å². The van der Waals surface area contributed by atoms with Gasteiger partial charge >= 0.3 is 0 Å². The first-order valence-electron chi connectivity index (χ1n) is 9.65. The molecule has 2 aromatic rings. The topological polar surface area (TPSA) is 78.5 Å². The molecule has 3 amide bonds. The van der Waals surface area contributed by atoms with Crippen molar-refractivity contribution in [1.82, 2.24) is 15.5 Å². The molecule has 1 unspecified atom stereocenters. The van der Waals surface area contributed by atoms with Gasteiger partial charge in [0.15, 0.2) is 0 Å². The fraction of sp³-hybridized carbons (Fsp3) is 0.381. The number of rotatable bonds is 7. The lowest BCUT2D eigenvalue weighted by Crippen LogP contribution is -2.51. The molecule has 0 saturated carbocycles. The number of hydrogen-bond donors (Lipinski definition) is 2. The summed E-state index contributed by atoms with van der Waals surface area (Å²) in [7, 11) is 0. The average Bonchev–Trinajstić information content (AvgIpc) is 3.19. The predicted molar refractivity (Wildman–Crippen MR) is 109 cm³/mol. The van der Waals surface area contributed by atoms with E-state index in [0.29, 0.717) is 19.5 Å². The Morgan fingerprint density at radius 3 is 2.69 bits per heavy atom. The van der Waals surface area contributed by atoms with Crippen molar-refractivity contribution in [2.75, 3.05) is 13.1 Å². The van der Waals surface area contributed by atoms with Gasteiger partial charge in [-0.3, -0.25) is 14.4 Å². The molecule has 2 N–H and O–H groups in total. The zero-order chi connectivity index (χ0) is 20.8. The summed E-state index contributed by atoms with van der Waals surface area (Å²) in [4.78, 5) is 40.4. The molecular formula is C21H24FN3O3S. The van der Waals surface area contributed by atoms with Crippen LogP contribution in [0.3, 0.4) is 0 Å². The summed E-state index contributed by atoms with van der Waals surface area (Å²) in [6.45, 7) is 2.91. The van der Waals surface area contributed by atoms with Crippen LogP contribution in [0.2, 0.25) is 0 Å². The van der Waals surface area contributed by atoms with Gasteiger partial charge in [-0.05, 0) is 54.1 Å². The van der Waals surface area contributed by atoms with Crippen molar-refractivity contribution < 1.29 is 18.8 Å². The van der Waals surface area contributed by atoms with Gasteiger partial charge in [0.25, 0.3) is 5.91 Å². The molecular weight excluding hydrogens is 393 g/mol. The second kappa shape index (κ2) is 9.65. The van der Waals surface area contributed by atoms with Crippen LogP contribution in [0.5, 0.6) is 0 Å². The van der Waals surface area contributed by atoms with Gasteiger partial charge in [0.2, 0.25) is 11.8 Å². The summed E-state index contributed by atoms with van der Waals surface area (Å²) >= 11 is 1.71. The molecule has 0 fully saturated rings. The van der Waals surface area contributed by atoms with E-state index in [4.69, 9.17) is 0 Å². The highest BCUT2D eigenvalue weighted by molar-refractivity contribution is 7.10. The number of amides is 3. The van der Waals surface area contributed by atoms with E-state index < -0.39 is 23.7 Å². The van der Waals surface area contributed by atoms with E-state index in [9.17, 15) is 18.8 Å². The third kappa shape index (κ3) is 5.41. The third-order valence-corrected chi connectivity index (χ3v) is 5.87. The van der Waals surface area contributed by atoms with Crippen LogP contribution < -0.4 is 10.6 Å². The van der Waals surface area contributed by atoms with E-state index in [0.717, 1.165) is 12.8 Å². The number of hydrogen-bond acceptors (Lipinski definition) is 4. The van der Waals surface area contributed by atoms with Crippen LogP contribution in [0.1, 0.15) is 40.6 Å². The first kappa shape index (κ1) is 21.0. The molecule has 3 rings (SSSR count). The molecule has 2 heterocycles. The van der Waals surface area contributed by atoms with Gasteiger partial charge in [-0.15, -0.1) is 11.3 Å². The maximum absolute atomic E-state index is 12.9. The van der Waals surface area contributed by atoms with Crippen LogP contribution >= 0.6 is 11.3 Å². The SMILES string of the molecule is CCCC(NC(=O)CNC(=O)c1ccc(F)cc1)C(=O)N1CCc2sccc2C1. The number of carbonyl (C=O) groups excluding carboxylic acids is 3. The van der Waals surface area contributed by atoms with E-state index in [1.807, 2.05) is 18.4 Å². The largest absolute Gasteiger partial charge is 0.343 e. The van der Waals surface area contributed by atoms with E-state index in [2.05, 4.69) is 10.6 Å². The van der Waals surface area contributed by atoms with E-state index in [1.165, 1.54) is 34.7 Å². The zero-order valence-corrected chi connectivity index (χ0v) is 17.1. The van der Waals surface area contributed by atoms with Crippen molar-refractivity contribution in [2.24, 2.45) is 0 Å². The van der Waals surface area contributed by atoms with Crippen molar-refractivity contribution in [1.29, 1.82) is 0 Å². The molecule has 29 heavy (non-hydrogen) atoms. The second-order valence-electron chi connectivity index (χ2n) is 6.98. The Kier molecular flexibility index (Phi) is 6.98. The standard InChI is InChI=1S/C21H24FN3O3S/c1-2-3-17(21(28)25-10-8-18-15(13-25)9-11-29-18)24-19(26)12-23-20(27)14-4-6-16(22)7-5-14/h4-7,9,11,17H,2-3,8,10,12-13H2,1H3,(H,23,27)(H,24,26). The number of nitrogens with one attached hydrogen (secondary N) is 2. The van der Waals surface area contributed by atoms with Crippen molar-refractivity contribution in [2.45, 2.75) is 38.8 Å². The minimum atomic E-state index is -0.615. The highest BCUT2D eigenvalue weighted by atomic mass is 32.1. The molecule has 0 bridgehead atoms. The van der Waals surface area contributed by atoms with Gasteiger partial charge in [0.1, 0.15) is 11.9 Å². The van der Waals surface area contributed by atoms with Crippen LogP contribution in [0, 0.1) is 5.82 Å². The van der Waals surface area contributed by atoms with Crippen LogP contribution in [0.4, 0.5) is 4.39 Å². The number of nitrogens with zero attached hydrogens (tertiary/aromatic N) is 1. The lowest BCUT2D eigenvalue weighted by molar-refractivity contribution is -0.137. The highest BCUT2D eigenvalue weighted by Gasteiger charge is 2.28. The molecule has 6 nitrogen and oxygen atoms in total. The Labute approximate surface area is 173 Å². The molecule has 0 spiro atoms. The molecule has 0 aliphatic carbocycles. The van der Waals surface area contributed by atoms with Gasteiger partial charge in [0, 0.05) is 23.5 Å². The summed E-state index contributed by atoms with van der Waals surface area (Å²) in [6.07, 6.45) is 2.11. The summed E-state index contributed by atoms with van der Waals surface area (Å²) in [5.41, 5.74) is 1.43. The Hall–Kier alpha value is -2.74. The molecule has 1 aromatic carbocycles. The monoisotopic (exact) mass is 417 g/mol. The number of benzene rings is 1. The van der Waals surface area contributed by atoms with Gasteiger partial charge < -0.3 is 15.5 Å². The fourth-order valence-corrected chi connectivity index (χ4v) is 4.20. The zero-order valence-electron chi connectivity index (χ0n) is 16.2. The average molecular weight is 418 g/mol. The Morgan fingerprint density at radius 1 is 1.21 bits per heavy atom. The first-order chi connectivity index (χ1) is 14.0. The van der Waals surface area contributed by atoms with Gasteiger partial charge in [-0.2, -0.15) is 0 Å². The molecule has 1 atom stereocenters. The number of fused-ring (bicyclic) bond motifs is 1. The number of thiophene rings is 1. The second-order valence-corrected chi connectivity index (χ2v) is 7.98. The minimum absolute atomic E-state index is 0.0955. The van der Waals surface area contributed by atoms with Crippen LogP contribution in [-0.2, 0) is 22.6 Å². The highest BCUT2D eigenvalue weighted by Crippen LogP contribution is 2.24. The van der Waals surface area contributed by atoms with E-state index in [1.54, 1.807) is 16.2 Å². The van der Waals surface area contributed by atoms with Crippen molar-refractivity contribution in [3.8, 4) is 0 Å². The fourth-order valence-electron chi connectivity index (χ4n) is 3.31. The summed E-state index contributed by atoms with van der Waals surface area (Å²) in [6, 6.07) is 6.49. The molecule has 8 heteroatoms. The molecule has 154 valence electrons. The molecule has 1 aliphatic rings. The Balaban J connectivity index is 1.54. The third-order valence-electron chi connectivity index (χ3n) is 4.85. The molecule has 0 saturated heterocycles. The van der Waals surface area contributed by atoms with Crippen molar-refractivity contribution >= 4 is 29.1 Å². The number of carbonyl (C=O) groups is 3. The molecule has 0 radical (unpaired) electrons.